The Balaban J connectivity index is 1.47. The van der Waals surface area contributed by atoms with E-state index in [0.29, 0.717) is 13.0 Å². The molecule has 0 aliphatic carbocycles. The number of thiophene rings is 1. The third-order valence-corrected chi connectivity index (χ3v) is 4.74. The number of aryl methyl sites for hydroxylation is 2. The molecule has 0 saturated heterocycles. The number of nitrogens with zero attached hydrogens (tertiary/aromatic N) is 3. The standard InChI is InChI=1S/C15H20N4OS/c1-11-5-6-12(21-11)10-15(20)16-8-7-14-18-17-13-4-2-3-9-19(13)14/h5-6H,2-4,7-10H2,1H3,(H,16,20). The number of nitrogens with one attached hydrogen (secondary N) is 1. The number of hydrogen-bond donors (Lipinski definition) is 1. The Kier molecular flexibility index (Phi) is 4.34. The molecular formula is C15H20N4OS. The zero-order valence-corrected chi connectivity index (χ0v) is 13.1. The Morgan fingerprint density at radius 2 is 2.29 bits per heavy atom. The minimum Gasteiger partial charge on any atom is -0.355 e. The molecule has 0 radical (unpaired) electrons. The second kappa shape index (κ2) is 6.39. The summed E-state index contributed by atoms with van der Waals surface area (Å²) in [6, 6.07) is 4.07. The van der Waals surface area contributed by atoms with E-state index in [-0.39, 0.29) is 5.91 Å². The SMILES string of the molecule is Cc1ccc(CC(=O)NCCc2nnc3n2CCCC3)s1. The van der Waals surface area contributed by atoms with E-state index >= 15 is 0 Å². The highest BCUT2D eigenvalue weighted by Gasteiger charge is 2.15. The highest BCUT2D eigenvalue weighted by Crippen LogP contribution is 2.16. The van der Waals surface area contributed by atoms with Crippen molar-refractivity contribution in [2.75, 3.05) is 6.54 Å². The van der Waals surface area contributed by atoms with Gasteiger partial charge in [0, 0.05) is 35.7 Å². The number of rotatable bonds is 5. The second-order valence-electron chi connectivity index (χ2n) is 5.43. The van der Waals surface area contributed by atoms with Gasteiger partial charge in [-0.15, -0.1) is 21.5 Å². The van der Waals surface area contributed by atoms with Crippen LogP contribution >= 0.6 is 11.3 Å². The Morgan fingerprint density at radius 3 is 3.10 bits per heavy atom. The van der Waals surface area contributed by atoms with Crippen molar-refractivity contribution < 1.29 is 4.79 Å². The normalized spacial score (nSPS) is 14.0. The summed E-state index contributed by atoms with van der Waals surface area (Å²) in [6.45, 7) is 3.70. The van der Waals surface area contributed by atoms with E-state index in [0.717, 1.165) is 35.9 Å². The van der Waals surface area contributed by atoms with Crippen LogP contribution in [0.25, 0.3) is 0 Å². The molecule has 6 heteroatoms. The van der Waals surface area contributed by atoms with E-state index in [2.05, 4.69) is 33.1 Å². The van der Waals surface area contributed by atoms with Gasteiger partial charge in [-0.2, -0.15) is 0 Å². The van der Waals surface area contributed by atoms with E-state index in [1.165, 1.54) is 17.7 Å². The summed E-state index contributed by atoms with van der Waals surface area (Å²) in [5.74, 6) is 2.17. The van der Waals surface area contributed by atoms with Crippen molar-refractivity contribution in [2.24, 2.45) is 0 Å². The molecule has 5 nitrogen and oxygen atoms in total. The van der Waals surface area contributed by atoms with Crippen LogP contribution in [0.2, 0.25) is 0 Å². The van der Waals surface area contributed by atoms with E-state index in [1.54, 1.807) is 11.3 Å². The van der Waals surface area contributed by atoms with Gasteiger partial charge in [0.05, 0.1) is 6.42 Å². The molecule has 0 fully saturated rings. The van der Waals surface area contributed by atoms with Gasteiger partial charge in [0.25, 0.3) is 0 Å². The molecule has 3 rings (SSSR count). The fourth-order valence-corrected chi connectivity index (χ4v) is 3.56. The minimum atomic E-state index is 0.0789. The maximum atomic E-state index is 11.9. The average Bonchev–Trinajstić information content (AvgIpc) is 3.06. The summed E-state index contributed by atoms with van der Waals surface area (Å²) < 4.78 is 2.21. The molecule has 1 aliphatic heterocycles. The molecule has 0 spiro atoms. The first kappa shape index (κ1) is 14.3. The van der Waals surface area contributed by atoms with Crippen LogP contribution in [-0.4, -0.2) is 27.2 Å². The summed E-state index contributed by atoms with van der Waals surface area (Å²) in [5, 5.41) is 11.4. The van der Waals surface area contributed by atoms with Gasteiger partial charge in [-0.25, -0.2) is 0 Å². The van der Waals surface area contributed by atoms with Crippen LogP contribution in [0.1, 0.15) is 34.2 Å². The van der Waals surface area contributed by atoms with Crippen LogP contribution in [0.3, 0.4) is 0 Å². The summed E-state index contributed by atoms with van der Waals surface area (Å²) in [6.07, 6.45) is 4.65. The van der Waals surface area contributed by atoms with Crippen LogP contribution in [0.15, 0.2) is 12.1 Å². The van der Waals surface area contributed by atoms with Gasteiger partial charge in [0.2, 0.25) is 5.91 Å². The number of carbonyl (C=O) groups excluding carboxylic acids is 1. The van der Waals surface area contributed by atoms with Crippen molar-refractivity contribution in [1.29, 1.82) is 0 Å². The van der Waals surface area contributed by atoms with E-state index in [4.69, 9.17) is 0 Å². The van der Waals surface area contributed by atoms with Crippen LogP contribution in [0, 0.1) is 6.92 Å². The van der Waals surface area contributed by atoms with Crippen molar-refractivity contribution >= 4 is 17.2 Å². The Bertz CT molecular complexity index is 631. The van der Waals surface area contributed by atoms with Crippen molar-refractivity contribution in [3.8, 4) is 0 Å². The van der Waals surface area contributed by atoms with Crippen molar-refractivity contribution in [3.63, 3.8) is 0 Å². The van der Waals surface area contributed by atoms with Crippen LogP contribution in [0.5, 0.6) is 0 Å². The van der Waals surface area contributed by atoms with Gasteiger partial charge in [0.1, 0.15) is 11.6 Å². The molecule has 21 heavy (non-hydrogen) atoms. The second-order valence-corrected chi connectivity index (χ2v) is 6.80. The Morgan fingerprint density at radius 1 is 1.38 bits per heavy atom. The highest BCUT2D eigenvalue weighted by atomic mass is 32.1. The largest absolute Gasteiger partial charge is 0.355 e. The molecule has 1 N–H and O–H groups in total. The lowest BCUT2D eigenvalue weighted by Crippen LogP contribution is -2.28. The number of hydrogen-bond acceptors (Lipinski definition) is 4. The molecule has 112 valence electrons. The molecule has 0 aromatic carbocycles. The van der Waals surface area contributed by atoms with Crippen LogP contribution < -0.4 is 5.32 Å². The molecule has 2 aromatic rings. The predicted molar refractivity (Wildman–Crippen MR) is 82.4 cm³/mol. The molecule has 0 unspecified atom stereocenters. The lowest BCUT2D eigenvalue weighted by Gasteiger charge is -2.14. The smallest absolute Gasteiger partial charge is 0.225 e. The third kappa shape index (κ3) is 3.50. The number of amides is 1. The summed E-state index contributed by atoms with van der Waals surface area (Å²) in [5.41, 5.74) is 0. The molecule has 0 atom stereocenters. The third-order valence-electron chi connectivity index (χ3n) is 3.74. The van der Waals surface area contributed by atoms with Crippen LogP contribution in [0.4, 0.5) is 0 Å². The zero-order valence-electron chi connectivity index (χ0n) is 12.3. The minimum absolute atomic E-state index is 0.0789. The number of carbonyl (C=O) groups is 1. The molecular weight excluding hydrogens is 284 g/mol. The van der Waals surface area contributed by atoms with Gasteiger partial charge in [-0.05, 0) is 31.9 Å². The average molecular weight is 304 g/mol. The van der Waals surface area contributed by atoms with E-state index < -0.39 is 0 Å². The lowest BCUT2D eigenvalue weighted by molar-refractivity contribution is -0.120. The molecule has 1 aliphatic rings. The van der Waals surface area contributed by atoms with Gasteiger partial charge >= 0.3 is 0 Å². The summed E-state index contributed by atoms with van der Waals surface area (Å²) in [4.78, 5) is 14.3. The summed E-state index contributed by atoms with van der Waals surface area (Å²) >= 11 is 1.68. The first-order chi connectivity index (χ1) is 10.2. The molecule has 1 amide bonds. The topological polar surface area (TPSA) is 59.8 Å². The predicted octanol–water partition coefficient (Wildman–Crippen LogP) is 1.89. The Labute approximate surface area is 128 Å². The Hall–Kier alpha value is -1.69. The van der Waals surface area contributed by atoms with Gasteiger partial charge in [-0.3, -0.25) is 4.79 Å². The van der Waals surface area contributed by atoms with Gasteiger partial charge < -0.3 is 9.88 Å². The molecule has 0 bridgehead atoms. The van der Waals surface area contributed by atoms with Gasteiger partial charge in [-0.1, -0.05) is 0 Å². The first-order valence-electron chi connectivity index (χ1n) is 7.45. The summed E-state index contributed by atoms with van der Waals surface area (Å²) in [7, 11) is 0. The first-order valence-corrected chi connectivity index (χ1v) is 8.27. The highest BCUT2D eigenvalue weighted by molar-refractivity contribution is 7.12. The molecule has 2 aromatic heterocycles. The monoisotopic (exact) mass is 304 g/mol. The fraction of sp³-hybridized carbons (Fsp3) is 0.533. The van der Waals surface area contributed by atoms with Gasteiger partial charge in [0.15, 0.2) is 0 Å². The van der Waals surface area contributed by atoms with Crippen molar-refractivity contribution in [2.45, 2.75) is 45.6 Å². The van der Waals surface area contributed by atoms with Crippen LogP contribution in [-0.2, 0) is 30.6 Å². The maximum absolute atomic E-state index is 11.9. The lowest BCUT2D eigenvalue weighted by atomic mass is 10.1. The maximum Gasteiger partial charge on any atom is 0.225 e. The zero-order chi connectivity index (χ0) is 14.7. The van der Waals surface area contributed by atoms with E-state index in [9.17, 15) is 4.79 Å². The molecule has 3 heterocycles. The van der Waals surface area contributed by atoms with E-state index in [1.807, 2.05) is 6.07 Å². The fourth-order valence-electron chi connectivity index (χ4n) is 2.67. The number of fused-ring (bicyclic) bond motifs is 1. The van der Waals surface area contributed by atoms with Crippen molar-refractivity contribution in [3.05, 3.63) is 33.5 Å². The number of aromatic nitrogens is 3. The quantitative estimate of drug-likeness (QED) is 0.917. The molecule has 0 saturated carbocycles. The van der Waals surface area contributed by atoms with Crippen molar-refractivity contribution in [1.82, 2.24) is 20.1 Å².